The van der Waals surface area contributed by atoms with Crippen molar-refractivity contribution in [2.24, 2.45) is 0 Å². The molecule has 1 aliphatic carbocycles. The maximum Gasteiger partial charge on any atom is 0.259 e. The van der Waals surface area contributed by atoms with Gasteiger partial charge in [0.05, 0.1) is 11.1 Å². The lowest BCUT2D eigenvalue weighted by atomic mass is 9.78. The lowest BCUT2D eigenvalue weighted by Gasteiger charge is -2.25. The van der Waals surface area contributed by atoms with Crippen LogP contribution >= 0.6 is 0 Å². The molecule has 0 unspecified atom stereocenters. The molecule has 0 atom stereocenters. The van der Waals surface area contributed by atoms with Crippen LogP contribution < -0.4 is 14.8 Å². The predicted molar refractivity (Wildman–Crippen MR) is 87.7 cm³/mol. The molecule has 2 aliphatic heterocycles. The van der Waals surface area contributed by atoms with Gasteiger partial charge in [-0.1, -0.05) is 25.3 Å². The number of hydrogen-bond acceptors (Lipinski definition) is 4. The van der Waals surface area contributed by atoms with Gasteiger partial charge in [-0.05, 0) is 41.8 Å². The van der Waals surface area contributed by atoms with E-state index in [1.54, 1.807) is 6.07 Å². The maximum absolute atomic E-state index is 12.5. The van der Waals surface area contributed by atoms with Crippen LogP contribution in [0.3, 0.4) is 0 Å². The van der Waals surface area contributed by atoms with Gasteiger partial charge < -0.3 is 9.47 Å². The number of nitrogens with one attached hydrogen (secondary N) is 1. The van der Waals surface area contributed by atoms with Crippen molar-refractivity contribution in [1.29, 1.82) is 0 Å². The average Bonchev–Trinajstić information content (AvgIpc) is 3.19. The summed E-state index contributed by atoms with van der Waals surface area (Å²) in [5.74, 6) is 1.12. The van der Waals surface area contributed by atoms with Gasteiger partial charge in [-0.2, -0.15) is 0 Å². The van der Waals surface area contributed by atoms with Gasteiger partial charge in [-0.15, -0.1) is 0 Å². The fourth-order valence-electron chi connectivity index (χ4n) is 4.34. The van der Waals surface area contributed by atoms with Crippen LogP contribution in [-0.4, -0.2) is 18.6 Å². The highest BCUT2D eigenvalue weighted by Crippen LogP contribution is 2.48. The SMILES string of the molecule is O=C1NC(=O)c2c1cc1ccc3c(c1c2C1CCCCC1)OCO3. The molecule has 2 aromatic carbocycles. The molecule has 2 amide bonds. The molecule has 1 saturated carbocycles. The predicted octanol–water partition coefficient (Wildman–Crippen LogP) is 3.50. The van der Waals surface area contributed by atoms with E-state index in [2.05, 4.69) is 5.32 Å². The van der Waals surface area contributed by atoms with Crippen molar-refractivity contribution in [3.05, 3.63) is 34.9 Å². The third-order valence-corrected chi connectivity index (χ3v) is 5.39. The number of fused-ring (bicyclic) bond motifs is 4. The summed E-state index contributed by atoms with van der Waals surface area (Å²) in [5.41, 5.74) is 2.02. The molecule has 0 radical (unpaired) electrons. The summed E-state index contributed by atoms with van der Waals surface area (Å²) in [4.78, 5) is 24.7. The van der Waals surface area contributed by atoms with E-state index in [9.17, 15) is 9.59 Å². The standard InChI is InChI=1S/C19H17NO4/c21-18-12-8-11-6-7-13-17(24-9-23-13)15(11)14(16(12)19(22)20-18)10-4-2-1-3-5-10/h6-8,10H,1-5,9H2,(H,20,21,22). The van der Waals surface area contributed by atoms with E-state index in [1.165, 1.54) is 6.42 Å². The lowest BCUT2D eigenvalue weighted by Crippen LogP contribution is -2.20. The number of hydrogen-bond donors (Lipinski definition) is 1. The first kappa shape index (κ1) is 13.8. The van der Waals surface area contributed by atoms with E-state index in [4.69, 9.17) is 9.47 Å². The molecule has 5 nitrogen and oxygen atoms in total. The Morgan fingerprint density at radius 3 is 2.67 bits per heavy atom. The van der Waals surface area contributed by atoms with Crippen LogP contribution in [0, 0.1) is 0 Å². The fourth-order valence-corrected chi connectivity index (χ4v) is 4.34. The van der Waals surface area contributed by atoms with Crippen molar-refractivity contribution >= 4 is 22.6 Å². The number of benzene rings is 2. The molecule has 2 heterocycles. The Bertz CT molecular complexity index is 896. The third-order valence-electron chi connectivity index (χ3n) is 5.39. The van der Waals surface area contributed by atoms with Crippen molar-refractivity contribution in [2.45, 2.75) is 38.0 Å². The average molecular weight is 323 g/mol. The second-order valence-corrected chi connectivity index (χ2v) is 6.73. The van der Waals surface area contributed by atoms with Crippen molar-refractivity contribution in [3.8, 4) is 11.5 Å². The first-order chi connectivity index (χ1) is 11.7. The molecule has 1 N–H and O–H groups in total. The van der Waals surface area contributed by atoms with Crippen LogP contribution in [0.4, 0.5) is 0 Å². The van der Waals surface area contributed by atoms with E-state index in [1.807, 2.05) is 12.1 Å². The molecule has 0 bridgehead atoms. The Balaban J connectivity index is 1.88. The van der Waals surface area contributed by atoms with Crippen LogP contribution in [0.2, 0.25) is 0 Å². The van der Waals surface area contributed by atoms with Crippen LogP contribution in [0.5, 0.6) is 11.5 Å². The first-order valence-corrected chi connectivity index (χ1v) is 8.49. The molecule has 1 fully saturated rings. The van der Waals surface area contributed by atoms with Gasteiger partial charge in [-0.25, -0.2) is 0 Å². The van der Waals surface area contributed by atoms with Gasteiger partial charge in [0.15, 0.2) is 11.5 Å². The van der Waals surface area contributed by atoms with Crippen molar-refractivity contribution in [3.63, 3.8) is 0 Å². The second kappa shape index (κ2) is 4.97. The zero-order chi connectivity index (χ0) is 16.3. The van der Waals surface area contributed by atoms with E-state index < -0.39 is 0 Å². The Hall–Kier alpha value is -2.56. The summed E-state index contributed by atoms with van der Waals surface area (Å²) >= 11 is 0. The van der Waals surface area contributed by atoms with Crippen LogP contribution in [0.25, 0.3) is 10.8 Å². The monoisotopic (exact) mass is 323 g/mol. The fraction of sp³-hybridized carbons (Fsp3) is 0.368. The Morgan fingerprint density at radius 1 is 1.00 bits per heavy atom. The van der Waals surface area contributed by atoms with Crippen LogP contribution in [-0.2, 0) is 0 Å². The number of ether oxygens (including phenoxy) is 2. The van der Waals surface area contributed by atoms with Gasteiger partial charge in [0.1, 0.15) is 0 Å². The van der Waals surface area contributed by atoms with E-state index >= 15 is 0 Å². The van der Waals surface area contributed by atoms with Gasteiger partial charge in [0.25, 0.3) is 11.8 Å². The third kappa shape index (κ3) is 1.81. The smallest absolute Gasteiger partial charge is 0.259 e. The van der Waals surface area contributed by atoms with E-state index in [0.717, 1.165) is 42.0 Å². The van der Waals surface area contributed by atoms with E-state index in [0.29, 0.717) is 22.6 Å². The summed E-state index contributed by atoms with van der Waals surface area (Å²) in [6, 6.07) is 5.63. The molecule has 5 rings (SSSR count). The van der Waals surface area contributed by atoms with Gasteiger partial charge in [0.2, 0.25) is 6.79 Å². The number of rotatable bonds is 1. The quantitative estimate of drug-likeness (QED) is 0.816. The Labute approximate surface area is 138 Å². The number of carbonyl (C=O) groups is 2. The molecule has 0 spiro atoms. The summed E-state index contributed by atoms with van der Waals surface area (Å²) in [7, 11) is 0. The van der Waals surface area contributed by atoms with Gasteiger partial charge in [0, 0.05) is 5.39 Å². The summed E-state index contributed by atoms with van der Waals surface area (Å²) in [6.07, 6.45) is 5.61. The molecular weight excluding hydrogens is 306 g/mol. The Morgan fingerprint density at radius 2 is 1.83 bits per heavy atom. The minimum atomic E-state index is -0.299. The largest absolute Gasteiger partial charge is 0.454 e. The number of carbonyl (C=O) groups excluding carboxylic acids is 2. The molecule has 24 heavy (non-hydrogen) atoms. The second-order valence-electron chi connectivity index (χ2n) is 6.73. The summed E-state index contributed by atoms with van der Waals surface area (Å²) in [5, 5.41) is 4.33. The minimum absolute atomic E-state index is 0.195. The molecule has 3 aliphatic rings. The Kier molecular flexibility index (Phi) is 2.86. The lowest BCUT2D eigenvalue weighted by molar-refractivity contribution is 0.0879. The molecule has 0 aromatic heterocycles. The molecular formula is C19H17NO4. The van der Waals surface area contributed by atoms with E-state index in [-0.39, 0.29) is 24.5 Å². The zero-order valence-corrected chi connectivity index (χ0v) is 13.2. The molecule has 5 heteroatoms. The normalized spacial score (nSPS) is 19.7. The topological polar surface area (TPSA) is 64.6 Å². The van der Waals surface area contributed by atoms with Gasteiger partial charge in [-0.3, -0.25) is 14.9 Å². The number of amides is 2. The minimum Gasteiger partial charge on any atom is -0.454 e. The first-order valence-electron chi connectivity index (χ1n) is 8.49. The van der Waals surface area contributed by atoms with Crippen LogP contribution in [0.1, 0.15) is 64.3 Å². The van der Waals surface area contributed by atoms with Crippen LogP contribution in [0.15, 0.2) is 18.2 Å². The molecule has 2 aromatic rings. The molecule has 0 saturated heterocycles. The maximum atomic E-state index is 12.5. The van der Waals surface area contributed by atoms with Crippen molar-refractivity contribution < 1.29 is 19.1 Å². The zero-order valence-electron chi connectivity index (χ0n) is 13.2. The van der Waals surface area contributed by atoms with Crippen molar-refractivity contribution in [2.75, 3.05) is 6.79 Å². The number of imide groups is 1. The molecule has 122 valence electrons. The highest BCUT2D eigenvalue weighted by molar-refractivity contribution is 6.24. The van der Waals surface area contributed by atoms with Crippen molar-refractivity contribution in [1.82, 2.24) is 5.32 Å². The van der Waals surface area contributed by atoms with Gasteiger partial charge >= 0.3 is 0 Å². The highest BCUT2D eigenvalue weighted by atomic mass is 16.7. The summed E-state index contributed by atoms with van der Waals surface area (Å²) in [6.45, 7) is 0.195. The highest BCUT2D eigenvalue weighted by Gasteiger charge is 2.36. The summed E-state index contributed by atoms with van der Waals surface area (Å²) < 4.78 is 11.3.